The van der Waals surface area contributed by atoms with E-state index in [1.807, 2.05) is 12.3 Å². The Bertz CT molecular complexity index is 578. The Morgan fingerprint density at radius 3 is 2.68 bits per heavy atom. The third kappa shape index (κ3) is 3.37. The molecular weight excluding hydrogens is 275 g/mol. The maximum Gasteiger partial charge on any atom is 0.418 e. The summed E-state index contributed by atoms with van der Waals surface area (Å²) in [6.07, 6.45) is -4.43. The lowest BCUT2D eigenvalue weighted by atomic mass is 10.1. The van der Waals surface area contributed by atoms with Crippen LogP contribution in [-0.4, -0.2) is 4.98 Å². The highest BCUT2D eigenvalue weighted by molar-refractivity contribution is 7.09. The van der Waals surface area contributed by atoms with Gasteiger partial charge in [0, 0.05) is 16.8 Å². The topological polar surface area (TPSA) is 50.9 Å². The number of nitrogens with zero attached hydrogens (tertiary/aromatic N) is 1. The number of nitrogen functional groups attached to an aromatic ring is 1. The minimum Gasteiger partial charge on any atom is -0.399 e. The summed E-state index contributed by atoms with van der Waals surface area (Å²) in [6, 6.07) is 3.69. The third-order valence-electron chi connectivity index (χ3n) is 2.48. The van der Waals surface area contributed by atoms with Gasteiger partial charge >= 0.3 is 6.18 Å². The molecule has 0 aliphatic heterocycles. The van der Waals surface area contributed by atoms with Gasteiger partial charge in [-0.3, -0.25) is 0 Å². The molecule has 0 radical (unpaired) electrons. The number of hydrogen-bond acceptors (Lipinski definition) is 4. The van der Waals surface area contributed by atoms with Crippen LogP contribution in [0.5, 0.6) is 0 Å². The number of alkyl halides is 3. The van der Waals surface area contributed by atoms with Crippen molar-refractivity contribution in [1.29, 1.82) is 0 Å². The maximum absolute atomic E-state index is 12.8. The van der Waals surface area contributed by atoms with Gasteiger partial charge < -0.3 is 11.1 Å². The Labute approximate surface area is 112 Å². The second-order valence-corrected chi connectivity index (χ2v) is 5.08. The molecule has 0 amide bonds. The van der Waals surface area contributed by atoms with Crippen LogP contribution in [0.15, 0.2) is 23.6 Å². The number of anilines is 2. The van der Waals surface area contributed by atoms with Gasteiger partial charge in [0.25, 0.3) is 0 Å². The average molecular weight is 287 g/mol. The van der Waals surface area contributed by atoms with Crippen molar-refractivity contribution in [1.82, 2.24) is 4.98 Å². The van der Waals surface area contributed by atoms with Crippen molar-refractivity contribution in [3.05, 3.63) is 39.8 Å². The minimum absolute atomic E-state index is 0.00681. The van der Waals surface area contributed by atoms with Crippen molar-refractivity contribution in [3.8, 4) is 0 Å². The van der Waals surface area contributed by atoms with E-state index in [1.165, 1.54) is 23.5 Å². The van der Waals surface area contributed by atoms with Crippen LogP contribution in [0.3, 0.4) is 0 Å². The quantitative estimate of drug-likeness (QED) is 0.847. The highest BCUT2D eigenvalue weighted by Crippen LogP contribution is 2.36. The van der Waals surface area contributed by atoms with Crippen molar-refractivity contribution in [2.75, 3.05) is 11.1 Å². The zero-order valence-electron chi connectivity index (χ0n) is 10.1. The van der Waals surface area contributed by atoms with Crippen LogP contribution in [0.1, 0.15) is 16.3 Å². The number of hydrogen-bond donors (Lipinski definition) is 2. The lowest BCUT2D eigenvalue weighted by molar-refractivity contribution is -0.136. The van der Waals surface area contributed by atoms with Gasteiger partial charge in [-0.25, -0.2) is 4.98 Å². The van der Waals surface area contributed by atoms with Gasteiger partial charge in [0.05, 0.1) is 22.8 Å². The summed E-state index contributed by atoms with van der Waals surface area (Å²) in [5, 5.41) is 5.44. The van der Waals surface area contributed by atoms with Gasteiger partial charge in [0.2, 0.25) is 0 Å². The van der Waals surface area contributed by atoms with Crippen LogP contribution in [0.4, 0.5) is 24.5 Å². The lowest BCUT2D eigenvalue weighted by Crippen LogP contribution is -2.11. The first kappa shape index (κ1) is 13.7. The molecule has 0 bridgehead atoms. The normalized spacial score (nSPS) is 11.6. The minimum atomic E-state index is -4.43. The van der Waals surface area contributed by atoms with E-state index in [-0.39, 0.29) is 17.9 Å². The highest BCUT2D eigenvalue weighted by Gasteiger charge is 2.33. The molecule has 3 N–H and O–H groups in total. The summed E-state index contributed by atoms with van der Waals surface area (Å²) in [5.41, 5.74) is 5.44. The van der Waals surface area contributed by atoms with E-state index in [2.05, 4.69) is 10.3 Å². The lowest BCUT2D eigenvalue weighted by Gasteiger charge is -2.14. The number of aryl methyl sites for hydroxylation is 1. The van der Waals surface area contributed by atoms with E-state index in [0.29, 0.717) is 5.69 Å². The van der Waals surface area contributed by atoms with Gasteiger partial charge in [-0.05, 0) is 25.1 Å². The molecule has 1 aromatic carbocycles. The average Bonchev–Trinajstić information content (AvgIpc) is 2.72. The molecule has 0 aliphatic carbocycles. The molecular formula is C12H12F3N3S. The van der Waals surface area contributed by atoms with Crippen molar-refractivity contribution in [2.24, 2.45) is 0 Å². The molecule has 0 unspecified atom stereocenters. The molecule has 0 saturated carbocycles. The number of nitrogens with one attached hydrogen (secondary N) is 1. The standard InChI is InChI=1S/C12H12F3N3S/c1-7-18-9(6-19-7)5-17-11-3-2-8(16)4-10(11)12(13,14)15/h2-4,6,17H,5,16H2,1H3. The summed E-state index contributed by atoms with van der Waals surface area (Å²) in [5.74, 6) is 0. The number of rotatable bonds is 3. The monoisotopic (exact) mass is 287 g/mol. The van der Waals surface area contributed by atoms with Gasteiger partial charge in [-0.15, -0.1) is 11.3 Å². The third-order valence-corrected chi connectivity index (χ3v) is 3.30. The Hall–Kier alpha value is -1.76. The van der Waals surface area contributed by atoms with Crippen molar-refractivity contribution < 1.29 is 13.2 Å². The summed E-state index contributed by atoms with van der Waals surface area (Å²) in [6.45, 7) is 2.09. The molecule has 102 valence electrons. The zero-order chi connectivity index (χ0) is 14.0. The van der Waals surface area contributed by atoms with Crippen LogP contribution in [-0.2, 0) is 12.7 Å². The number of nitrogens with two attached hydrogens (primary N) is 1. The van der Waals surface area contributed by atoms with Gasteiger partial charge in [0.15, 0.2) is 0 Å². The van der Waals surface area contributed by atoms with Gasteiger partial charge in [-0.1, -0.05) is 0 Å². The Morgan fingerprint density at radius 2 is 2.11 bits per heavy atom. The Kier molecular flexibility index (Phi) is 3.66. The molecule has 1 heterocycles. The van der Waals surface area contributed by atoms with E-state index in [1.54, 1.807) is 0 Å². The predicted octanol–water partition coefficient (Wildman–Crippen LogP) is 3.66. The Balaban J connectivity index is 2.20. The van der Waals surface area contributed by atoms with Crippen LogP contribution < -0.4 is 11.1 Å². The van der Waals surface area contributed by atoms with Crippen molar-refractivity contribution in [3.63, 3.8) is 0 Å². The fraction of sp³-hybridized carbons (Fsp3) is 0.250. The molecule has 1 aromatic heterocycles. The second kappa shape index (κ2) is 5.08. The van der Waals surface area contributed by atoms with E-state index in [0.717, 1.165) is 11.1 Å². The maximum atomic E-state index is 12.8. The molecule has 0 saturated heterocycles. The molecule has 3 nitrogen and oxygen atoms in total. The number of aromatic nitrogens is 1. The fourth-order valence-electron chi connectivity index (χ4n) is 1.63. The first-order chi connectivity index (χ1) is 8.86. The van der Waals surface area contributed by atoms with Crippen molar-refractivity contribution in [2.45, 2.75) is 19.6 Å². The first-order valence-electron chi connectivity index (χ1n) is 5.48. The highest BCUT2D eigenvalue weighted by atomic mass is 32.1. The van der Waals surface area contributed by atoms with Gasteiger partial charge in [-0.2, -0.15) is 13.2 Å². The summed E-state index contributed by atoms with van der Waals surface area (Å²) < 4.78 is 38.5. The zero-order valence-corrected chi connectivity index (χ0v) is 10.9. The molecule has 2 aromatic rings. The van der Waals surface area contributed by atoms with E-state index in [9.17, 15) is 13.2 Å². The molecule has 0 aliphatic rings. The number of thiazole rings is 1. The van der Waals surface area contributed by atoms with Crippen LogP contribution >= 0.6 is 11.3 Å². The van der Waals surface area contributed by atoms with E-state index >= 15 is 0 Å². The van der Waals surface area contributed by atoms with Gasteiger partial charge in [0.1, 0.15) is 0 Å². The summed E-state index contributed by atoms with van der Waals surface area (Å²) in [4.78, 5) is 4.19. The van der Waals surface area contributed by atoms with Crippen molar-refractivity contribution >= 4 is 22.7 Å². The van der Waals surface area contributed by atoms with Crippen LogP contribution in [0.25, 0.3) is 0 Å². The smallest absolute Gasteiger partial charge is 0.399 e. The predicted molar refractivity (Wildman–Crippen MR) is 70.0 cm³/mol. The van der Waals surface area contributed by atoms with E-state index < -0.39 is 11.7 Å². The van der Waals surface area contributed by atoms with E-state index in [4.69, 9.17) is 5.73 Å². The number of benzene rings is 1. The Morgan fingerprint density at radius 1 is 1.37 bits per heavy atom. The largest absolute Gasteiger partial charge is 0.418 e. The molecule has 0 spiro atoms. The molecule has 0 atom stereocenters. The second-order valence-electron chi connectivity index (χ2n) is 4.01. The first-order valence-corrected chi connectivity index (χ1v) is 6.36. The fourth-order valence-corrected chi connectivity index (χ4v) is 2.24. The van der Waals surface area contributed by atoms with Crippen LogP contribution in [0.2, 0.25) is 0 Å². The number of halogens is 3. The molecule has 7 heteroatoms. The van der Waals surface area contributed by atoms with Crippen LogP contribution in [0, 0.1) is 6.92 Å². The molecule has 19 heavy (non-hydrogen) atoms. The SMILES string of the molecule is Cc1nc(CNc2ccc(N)cc2C(F)(F)F)cs1. The summed E-state index contributed by atoms with van der Waals surface area (Å²) >= 11 is 1.46. The molecule has 2 rings (SSSR count). The summed E-state index contributed by atoms with van der Waals surface area (Å²) in [7, 11) is 0. The molecule has 0 fully saturated rings.